The largest absolute Gasteiger partial charge is 0.389 e. The molecule has 0 saturated carbocycles. The lowest BCUT2D eigenvalue weighted by atomic mass is 10.00. The Labute approximate surface area is 207 Å². The molecule has 190 valence electrons. The van der Waals surface area contributed by atoms with Crippen molar-refractivity contribution >= 4 is 29.6 Å². The molecule has 1 heterocycles. The molecule has 1 aromatic carbocycles. The number of thioether (sulfide) groups is 1. The molecule has 34 heavy (non-hydrogen) atoms. The Balaban J connectivity index is 2.17. The zero-order valence-electron chi connectivity index (χ0n) is 21.0. The van der Waals surface area contributed by atoms with Crippen LogP contribution in [0.25, 0.3) is 0 Å². The third-order valence-electron chi connectivity index (χ3n) is 5.41. The van der Waals surface area contributed by atoms with E-state index < -0.39 is 23.7 Å². The van der Waals surface area contributed by atoms with Gasteiger partial charge in [0.15, 0.2) is 0 Å². The number of carbonyl (C=O) groups excluding carboxylic acids is 3. The Morgan fingerprint density at radius 2 is 1.91 bits per heavy atom. The molecule has 0 aliphatic carbocycles. The molecule has 2 rings (SSSR count). The predicted octanol–water partition coefficient (Wildman–Crippen LogP) is 2.16. The molecule has 0 unspecified atom stereocenters. The monoisotopic (exact) mass is 492 g/mol. The molecular weight excluding hydrogens is 452 g/mol. The van der Waals surface area contributed by atoms with E-state index in [0.29, 0.717) is 30.4 Å². The first kappa shape index (κ1) is 28.0. The SMILES string of the molecule is CC(C)CCN(C[C@@H](O)[C@H](Cc1ccccc1)NC(=O)[C@H]1CSCC(=O)N1)C(=O)NC(C)(C)C. The number of amides is 4. The van der Waals surface area contributed by atoms with Gasteiger partial charge >= 0.3 is 6.03 Å². The van der Waals surface area contributed by atoms with Crippen molar-refractivity contribution in [1.29, 1.82) is 0 Å². The van der Waals surface area contributed by atoms with Gasteiger partial charge in [0.1, 0.15) is 6.04 Å². The van der Waals surface area contributed by atoms with Crippen LogP contribution in [0.1, 0.15) is 46.6 Å². The lowest BCUT2D eigenvalue weighted by Crippen LogP contribution is -2.58. The smallest absolute Gasteiger partial charge is 0.317 e. The number of carbonyl (C=O) groups is 3. The van der Waals surface area contributed by atoms with Gasteiger partial charge in [0.2, 0.25) is 11.8 Å². The fourth-order valence-electron chi connectivity index (χ4n) is 3.57. The highest BCUT2D eigenvalue weighted by Gasteiger charge is 2.31. The highest BCUT2D eigenvalue weighted by Crippen LogP contribution is 2.13. The van der Waals surface area contributed by atoms with E-state index in [1.54, 1.807) is 4.90 Å². The summed E-state index contributed by atoms with van der Waals surface area (Å²) in [7, 11) is 0. The van der Waals surface area contributed by atoms with Gasteiger partial charge in [-0.1, -0.05) is 44.2 Å². The van der Waals surface area contributed by atoms with Crippen LogP contribution in [-0.2, 0) is 16.0 Å². The van der Waals surface area contributed by atoms with Gasteiger partial charge in [-0.05, 0) is 45.1 Å². The molecule has 0 aromatic heterocycles. The Kier molecular flexibility index (Phi) is 10.7. The summed E-state index contributed by atoms with van der Waals surface area (Å²) in [6.45, 7) is 10.5. The minimum atomic E-state index is -0.992. The average molecular weight is 493 g/mol. The summed E-state index contributed by atoms with van der Waals surface area (Å²) in [5, 5.41) is 19.8. The Morgan fingerprint density at radius 1 is 1.24 bits per heavy atom. The zero-order chi connectivity index (χ0) is 25.3. The predicted molar refractivity (Wildman–Crippen MR) is 137 cm³/mol. The minimum Gasteiger partial charge on any atom is -0.389 e. The molecule has 4 N–H and O–H groups in total. The van der Waals surface area contributed by atoms with E-state index in [1.165, 1.54) is 11.8 Å². The molecule has 0 bridgehead atoms. The first-order valence-corrected chi connectivity index (χ1v) is 13.1. The summed E-state index contributed by atoms with van der Waals surface area (Å²) in [6, 6.07) is 8.09. The lowest BCUT2D eigenvalue weighted by molar-refractivity contribution is -0.128. The molecule has 0 radical (unpaired) electrons. The van der Waals surface area contributed by atoms with Crippen LogP contribution in [0.3, 0.4) is 0 Å². The van der Waals surface area contributed by atoms with E-state index in [4.69, 9.17) is 0 Å². The van der Waals surface area contributed by atoms with E-state index >= 15 is 0 Å². The summed E-state index contributed by atoms with van der Waals surface area (Å²) >= 11 is 1.41. The molecule has 1 aliphatic heterocycles. The van der Waals surface area contributed by atoms with Crippen molar-refractivity contribution in [3.8, 4) is 0 Å². The van der Waals surface area contributed by atoms with Gasteiger partial charge in [-0.15, -0.1) is 11.8 Å². The van der Waals surface area contributed by atoms with Crippen molar-refractivity contribution in [1.82, 2.24) is 20.9 Å². The van der Waals surface area contributed by atoms with Gasteiger partial charge in [-0.25, -0.2) is 4.79 Å². The van der Waals surface area contributed by atoms with E-state index in [0.717, 1.165) is 12.0 Å². The fraction of sp³-hybridized carbons (Fsp3) is 0.640. The van der Waals surface area contributed by atoms with Crippen LogP contribution in [0, 0.1) is 5.92 Å². The van der Waals surface area contributed by atoms with Gasteiger partial charge in [-0.2, -0.15) is 0 Å². The fourth-order valence-corrected chi connectivity index (χ4v) is 4.42. The standard InChI is InChI=1S/C25H40N4O4S/c1-17(2)11-12-29(24(33)28-25(3,4)5)14-21(30)19(13-18-9-7-6-8-10-18)27-23(32)20-15-34-16-22(31)26-20/h6-10,17,19-21,30H,11-16H2,1-5H3,(H,26,31)(H,27,32)(H,28,33)/t19-,20+,21+/m0/s1. The molecule has 1 aromatic rings. The van der Waals surface area contributed by atoms with Crippen LogP contribution in [0.2, 0.25) is 0 Å². The summed E-state index contributed by atoms with van der Waals surface area (Å²) in [4.78, 5) is 39.2. The lowest BCUT2D eigenvalue weighted by Gasteiger charge is -2.33. The maximum atomic E-state index is 13.0. The summed E-state index contributed by atoms with van der Waals surface area (Å²) in [5.41, 5.74) is 0.550. The van der Waals surface area contributed by atoms with Crippen LogP contribution >= 0.6 is 11.8 Å². The van der Waals surface area contributed by atoms with Crippen LogP contribution in [-0.4, -0.2) is 76.2 Å². The number of rotatable bonds is 10. The third kappa shape index (κ3) is 9.93. The Morgan fingerprint density at radius 3 is 2.50 bits per heavy atom. The number of hydrogen-bond acceptors (Lipinski definition) is 5. The van der Waals surface area contributed by atoms with E-state index in [-0.39, 0.29) is 24.4 Å². The molecule has 9 heteroatoms. The topological polar surface area (TPSA) is 111 Å². The third-order valence-corrected chi connectivity index (χ3v) is 6.45. The van der Waals surface area contributed by atoms with Crippen molar-refractivity contribution in [3.05, 3.63) is 35.9 Å². The van der Waals surface area contributed by atoms with Crippen LogP contribution in [0.4, 0.5) is 4.79 Å². The van der Waals surface area contributed by atoms with Crippen LogP contribution in [0.15, 0.2) is 30.3 Å². The maximum absolute atomic E-state index is 13.0. The first-order valence-electron chi connectivity index (χ1n) is 11.9. The van der Waals surface area contributed by atoms with Crippen molar-refractivity contribution in [2.75, 3.05) is 24.6 Å². The van der Waals surface area contributed by atoms with Crippen molar-refractivity contribution < 1.29 is 19.5 Å². The molecule has 3 atom stereocenters. The van der Waals surface area contributed by atoms with E-state index in [2.05, 4.69) is 29.8 Å². The highest BCUT2D eigenvalue weighted by atomic mass is 32.2. The minimum absolute atomic E-state index is 0.0815. The molecule has 1 aliphatic rings. The molecule has 0 spiro atoms. The summed E-state index contributed by atoms with van der Waals surface area (Å²) < 4.78 is 0. The quantitative estimate of drug-likeness (QED) is 0.400. The number of nitrogens with zero attached hydrogens (tertiary/aromatic N) is 1. The number of aliphatic hydroxyl groups excluding tert-OH is 1. The summed E-state index contributed by atoms with van der Waals surface area (Å²) in [6.07, 6.45) is 0.209. The summed E-state index contributed by atoms with van der Waals surface area (Å²) in [5.74, 6) is 0.728. The van der Waals surface area contributed by atoms with Gasteiger partial charge in [0, 0.05) is 17.8 Å². The van der Waals surface area contributed by atoms with Crippen LogP contribution in [0.5, 0.6) is 0 Å². The van der Waals surface area contributed by atoms with Gasteiger partial charge in [0.25, 0.3) is 0 Å². The average Bonchev–Trinajstić information content (AvgIpc) is 2.75. The van der Waals surface area contributed by atoms with Crippen LogP contribution < -0.4 is 16.0 Å². The second kappa shape index (κ2) is 13.0. The molecule has 1 saturated heterocycles. The van der Waals surface area contributed by atoms with Gasteiger partial charge in [-0.3, -0.25) is 9.59 Å². The molecule has 1 fully saturated rings. The van der Waals surface area contributed by atoms with Gasteiger partial charge < -0.3 is 26.0 Å². The van der Waals surface area contributed by atoms with E-state index in [9.17, 15) is 19.5 Å². The normalized spacial score (nSPS) is 18.1. The molecular formula is C25H40N4O4S. The number of aliphatic hydroxyl groups is 1. The second-order valence-corrected chi connectivity index (χ2v) is 11.3. The zero-order valence-corrected chi connectivity index (χ0v) is 21.8. The molecule has 4 amide bonds. The maximum Gasteiger partial charge on any atom is 0.317 e. The number of benzene rings is 1. The second-order valence-electron chi connectivity index (χ2n) is 10.3. The number of urea groups is 1. The van der Waals surface area contributed by atoms with E-state index in [1.807, 2.05) is 51.1 Å². The molecule has 8 nitrogen and oxygen atoms in total. The Hall–Kier alpha value is -2.26. The number of hydrogen-bond donors (Lipinski definition) is 4. The first-order chi connectivity index (χ1) is 15.9. The number of nitrogens with one attached hydrogen (secondary N) is 3. The highest BCUT2D eigenvalue weighted by molar-refractivity contribution is 8.00. The van der Waals surface area contributed by atoms with Crippen molar-refractivity contribution in [3.63, 3.8) is 0 Å². The van der Waals surface area contributed by atoms with Crippen molar-refractivity contribution in [2.45, 2.75) is 71.2 Å². The van der Waals surface area contributed by atoms with Crippen molar-refractivity contribution in [2.24, 2.45) is 5.92 Å². The van der Waals surface area contributed by atoms with Gasteiger partial charge in [0.05, 0.1) is 24.4 Å². The Bertz CT molecular complexity index is 813.